The third kappa shape index (κ3) is 4.60. The molecule has 1 unspecified atom stereocenters. The van der Waals surface area contributed by atoms with Crippen molar-refractivity contribution in [1.29, 1.82) is 0 Å². The van der Waals surface area contributed by atoms with Gasteiger partial charge in [0.05, 0.1) is 18.9 Å². The van der Waals surface area contributed by atoms with Gasteiger partial charge in [-0.1, -0.05) is 39.7 Å². The molecular formula is C20H19BrClN3O3S. The molecule has 0 aliphatic carbocycles. The summed E-state index contributed by atoms with van der Waals surface area (Å²) in [6.45, 7) is 2.05. The molecule has 2 aromatic rings. The van der Waals surface area contributed by atoms with Crippen molar-refractivity contribution in [3.63, 3.8) is 0 Å². The van der Waals surface area contributed by atoms with E-state index in [0.29, 0.717) is 22.0 Å². The van der Waals surface area contributed by atoms with Crippen LogP contribution >= 0.6 is 39.3 Å². The predicted octanol–water partition coefficient (Wildman–Crippen LogP) is 5.02. The fraction of sp³-hybridized carbons (Fsp3) is 0.250. The summed E-state index contributed by atoms with van der Waals surface area (Å²) in [7, 11) is 0. The smallest absolute Gasteiger partial charge is 0.342 e. The topological polar surface area (TPSA) is 71.0 Å². The molecule has 1 aliphatic heterocycles. The van der Waals surface area contributed by atoms with E-state index in [4.69, 9.17) is 16.3 Å². The lowest BCUT2D eigenvalue weighted by molar-refractivity contribution is -0.144. The van der Waals surface area contributed by atoms with Gasteiger partial charge >= 0.3 is 12.0 Å². The van der Waals surface area contributed by atoms with Gasteiger partial charge in [0.1, 0.15) is 0 Å². The summed E-state index contributed by atoms with van der Waals surface area (Å²) in [4.78, 5) is 25.7. The standard InChI is InChI=1S/C20H19BrClN3O3S/c1-3-28-18(26)20(29-2)12-25(19(27)23-16-10-6-14(21)7-11-16)24-17(20)13-4-8-15(22)9-5-13/h4-11H,3,12H2,1-2H3,(H,23,27). The van der Waals surface area contributed by atoms with Gasteiger partial charge in [0.25, 0.3) is 0 Å². The molecule has 9 heteroatoms. The SMILES string of the molecule is CCOC(=O)C1(SC)CN(C(=O)Nc2ccc(Br)cc2)N=C1c1ccc(Cl)cc1. The van der Waals surface area contributed by atoms with Crippen molar-refractivity contribution in [2.45, 2.75) is 11.7 Å². The summed E-state index contributed by atoms with van der Waals surface area (Å²) in [6, 6.07) is 13.8. The van der Waals surface area contributed by atoms with Crippen LogP contribution in [0.15, 0.2) is 58.1 Å². The average molecular weight is 497 g/mol. The number of esters is 1. The van der Waals surface area contributed by atoms with Crippen molar-refractivity contribution >= 4 is 62.7 Å². The second-order valence-electron chi connectivity index (χ2n) is 6.20. The summed E-state index contributed by atoms with van der Waals surface area (Å²) in [5, 5.41) is 9.13. The number of hydrazone groups is 1. The number of hydrogen-bond acceptors (Lipinski definition) is 5. The van der Waals surface area contributed by atoms with E-state index >= 15 is 0 Å². The average Bonchev–Trinajstić information content (AvgIpc) is 3.12. The number of benzene rings is 2. The molecule has 152 valence electrons. The van der Waals surface area contributed by atoms with Gasteiger partial charge in [-0.25, -0.2) is 9.80 Å². The first-order valence-electron chi connectivity index (χ1n) is 8.81. The highest BCUT2D eigenvalue weighted by molar-refractivity contribution is 9.10. The molecule has 3 rings (SSSR count). The van der Waals surface area contributed by atoms with Crippen molar-refractivity contribution in [2.75, 3.05) is 24.7 Å². The Morgan fingerprint density at radius 2 is 1.90 bits per heavy atom. The van der Waals surface area contributed by atoms with E-state index in [0.717, 1.165) is 4.47 Å². The maximum absolute atomic E-state index is 12.9. The van der Waals surface area contributed by atoms with Gasteiger partial charge in [0.2, 0.25) is 0 Å². The van der Waals surface area contributed by atoms with Crippen molar-refractivity contribution in [1.82, 2.24) is 5.01 Å². The van der Waals surface area contributed by atoms with Crippen molar-refractivity contribution in [2.24, 2.45) is 5.10 Å². The molecule has 1 aliphatic rings. The largest absolute Gasteiger partial charge is 0.465 e. The summed E-state index contributed by atoms with van der Waals surface area (Å²) < 4.78 is 5.11. The zero-order valence-electron chi connectivity index (χ0n) is 15.8. The summed E-state index contributed by atoms with van der Waals surface area (Å²) in [5.74, 6) is -0.430. The Morgan fingerprint density at radius 3 is 2.48 bits per heavy atom. The van der Waals surface area contributed by atoms with Gasteiger partial charge in [-0.2, -0.15) is 5.10 Å². The first-order chi connectivity index (χ1) is 13.9. The van der Waals surface area contributed by atoms with Crippen molar-refractivity contribution in [3.05, 3.63) is 63.6 Å². The monoisotopic (exact) mass is 495 g/mol. The number of nitrogens with zero attached hydrogens (tertiary/aromatic N) is 2. The normalized spacial score (nSPS) is 18.3. The number of carbonyl (C=O) groups is 2. The van der Waals surface area contributed by atoms with E-state index < -0.39 is 16.7 Å². The number of anilines is 1. The molecular weight excluding hydrogens is 478 g/mol. The van der Waals surface area contributed by atoms with Gasteiger partial charge in [-0.15, -0.1) is 11.8 Å². The highest BCUT2D eigenvalue weighted by atomic mass is 79.9. The van der Waals surface area contributed by atoms with E-state index in [-0.39, 0.29) is 13.2 Å². The molecule has 0 bridgehead atoms. The van der Waals surface area contributed by atoms with Crippen LogP contribution in [0.25, 0.3) is 0 Å². The molecule has 0 radical (unpaired) electrons. The molecule has 0 saturated carbocycles. The van der Waals surface area contributed by atoms with E-state index in [1.165, 1.54) is 16.8 Å². The van der Waals surface area contributed by atoms with Gasteiger partial charge in [0, 0.05) is 15.2 Å². The Labute approximate surface area is 186 Å². The molecule has 2 amide bonds. The second-order valence-corrected chi connectivity index (χ2v) is 8.66. The Bertz CT molecular complexity index is 937. The molecule has 0 spiro atoms. The molecule has 0 fully saturated rings. The highest BCUT2D eigenvalue weighted by Crippen LogP contribution is 2.36. The number of carbonyl (C=O) groups excluding carboxylic acids is 2. The zero-order chi connectivity index (χ0) is 21.0. The lowest BCUT2D eigenvalue weighted by Gasteiger charge is -2.26. The van der Waals surface area contributed by atoms with E-state index in [1.807, 2.05) is 12.1 Å². The number of rotatable bonds is 5. The van der Waals surface area contributed by atoms with Crippen LogP contribution in [-0.2, 0) is 9.53 Å². The zero-order valence-corrected chi connectivity index (χ0v) is 19.0. The quantitative estimate of drug-likeness (QED) is 0.590. The first-order valence-corrected chi connectivity index (χ1v) is 11.2. The van der Waals surface area contributed by atoms with Crippen LogP contribution in [-0.4, -0.2) is 46.9 Å². The fourth-order valence-electron chi connectivity index (χ4n) is 2.91. The Morgan fingerprint density at radius 1 is 1.24 bits per heavy atom. The van der Waals surface area contributed by atoms with Crippen LogP contribution < -0.4 is 5.32 Å². The summed E-state index contributed by atoms with van der Waals surface area (Å²) in [6.07, 6.45) is 1.80. The maximum atomic E-state index is 12.9. The molecule has 1 atom stereocenters. The Hall–Kier alpha value is -2.03. The van der Waals surface area contributed by atoms with Crippen molar-refractivity contribution < 1.29 is 14.3 Å². The number of thioether (sulfide) groups is 1. The number of hydrogen-bond donors (Lipinski definition) is 1. The number of ether oxygens (including phenoxy) is 1. The van der Waals surface area contributed by atoms with Crippen LogP contribution in [0.5, 0.6) is 0 Å². The van der Waals surface area contributed by atoms with Gasteiger partial charge in [0.15, 0.2) is 4.75 Å². The highest BCUT2D eigenvalue weighted by Gasteiger charge is 2.52. The minimum atomic E-state index is -1.12. The lowest BCUT2D eigenvalue weighted by Crippen LogP contribution is -2.48. The second kappa shape index (κ2) is 9.19. The van der Waals surface area contributed by atoms with Crippen LogP contribution in [0.1, 0.15) is 12.5 Å². The third-order valence-corrected chi connectivity index (χ3v) is 6.34. The molecule has 1 heterocycles. The fourth-order valence-corrected chi connectivity index (χ4v) is 4.13. The number of nitrogens with one attached hydrogen (secondary N) is 1. The first kappa shape index (κ1) is 21.7. The minimum absolute atomic E-state index is 0.0628. The van der Waals surface area contributed by atoms with Crippen LogP contribution in [0.3, 0.4) is 0 Å². The Kier molecular flexibility index (Phi) is 6.87. The molecule has 0 saturated heterocycles. The van der Waals surface area contributed by atoms with E-state index in [1.54, 1.807) is 49.6 Å². The van der Waals surface area contributed by atoms with E-state index in [2.05, 4.69) is 26.3 Å². The van der Waals surface area contributed by atoms with E-state index in [9.17, 15) is 9.59 Å². The molecule has 6 nitrogen and oxygen atoms in total. The lowest BCUT2D eigenvalue weighted by atomic mass is 9.96. The molecule has 29 heavy (non-hydrogen) atoms. The predicted molar refractivity (Wildman–Crippen MR) is 121 cm³/mol. The molecule has 1 N–H and O–H groups in total. The number of urea groups is 1. The number of halogens is 2. The van der Waals surface area contributed by atoms with Gasteiger partial charge in [-0.3, -0.25) is 4.79 Å². The van der Waals surface area contributed by atoms with Gasteiger partial charge < -0.3 is 10.1 Å². The van der Waals surface area contributed by atoms with Crippen molar-refractivity contribution in [3.8, 4) is 0 Å². The molecule has 2 aromatic carbocycles. The maximum Gasteiger partial charge on any atom is 0.342 e. The minimum Gasteiger partial charge on any atom is -0.465 e. The Balaban J connectivity index is 1.94. The summed E-state index contributed by atoms with van der Waals surface area (Å²) in [5.41, 5.74) is 1.79. The summed E-state index contributed by atoms with van der Waals surface area (Å²) >= 11 is 10.7. The third-order valence-electron chi connectivity index (χ3n) is 4.38. The number of amides is 2. The van der Waals surface area contributed by atoms with Gasteiger partial charge in [-0.05, 0) is 55.1 Å². The molecule has 0 aromatic heterocycles. The van der Waals surface area contributed by atoms with Crippen LogP contribution in [0.2, 0.25) is 5.02 Å². The van der Waals surface area contributed by atoms with Crippen LogP contribution in [0, 0.1) is 0 Å². The van der Waals surface area contributed by atoms with Crippen LogP contribution in [0.4, 0.5) is 10.5 Å².